The number of rotatable bonds is 2. The molecule has 0 unspecified atom stereocenters. The Bertz CT molecular complexity index is 362. The van der Waals surface area contributed by atoms with Crippen LogP contribution in [0, 0.1) is 11.7 Å². The molecule has 1 aliphatic rings. The number of halogens is 2. The Kier molecular flexibility index (Phi) is 3.64. The van der Waals surface area contributed by atoms with Crippen LogP contribution in [0.4, 0.5) is 10.2 Å². The standard InChI is InChI=1S/C12H16ClFN2/c1-9-3-6-16(7-4-9)12-11(14)10(8-13)2-5-15-12/h2,5,9H,3-4,6-8H2,1H3. The van der Waals surface area contributed by atoms with Gasteiger partial charge < -0.3 is 4.90 Å². The van der Waals surface area contributed by atoms with Crippen molar-refractivity contribution in [3.05, 3.63) is 23.6 Å². The van der Waals surface area contributed by atoms with E-state index in [0.29, 0.717) is 11.4 Å². The van der Waals surface area contributed by atoms with Crippen molar-refractivity contribution in [3.8, 4) is 0 Å². The Morgan fingerprint density at radius 1 is 1.50 bits per heavy atom. The van der Waals surface area contributed by atoms with Crippen molar-refractivity contribution >= 4 is 17.4 Å². The van der Waals surface area contributed by atoms with Crippen LogP contribution in [0.2, 0.25) is 0 Å². The van der Waals surface area contributed by atoms with Crippen molar-refractivity contribution in [2.24, 2.45) is 5.92 Å². The molecule has 0 aromatic carbocycles. The molecule has 1 aromatic rings. The van der Waals surface area contributed by atoms with Crippen LogP contribution in [-0.4, -0.2) is 18.1 Å². The van der Waals surface area contributed by atoms with E-state index >= 15 is 0 Å². The number of hydrogen-bond donors (Lipinski definition) is 0. The average Bonchev–Trinajstić information content (AvgIpc) is 2.31. The van der Waals surface area contributed by atoms with E-state index in [2.05, 4.69) is 11.9 Å². The van der Waals surface area contributed by atoms with Gasteiger partial charge in [0.15, 0.2) is 11.6 Å². The number of alkyl halides is 1. The summed E-state index contributed by atoms with van der Waals surface area (Å²) in [5, 5.41) is 0. The number of aromatic nitrogens is 1. The zero-order chi connectivity index (χ0) is 11.5. The molecule has 1 aliphatic heterocycles. The summed E-state index contributed by atoms with van der Waals surface area (Å²) in [6, 6.07) is 1.64. The second-order valence-electron chi connectivity index (χ2n) is 4.41. The van der Waals surface area contributed by atoms with Crippen molar-refractivity contribution in [2.75, 3.05) is 18.0 Å². The zero-order valence-electron chi connectivity index (χ0n) is 9.42. The third-order valence-electron chi connectivity index (χ3n) is 3.18. The van der Waals surface area contributed by atoms with E-state index in [0.717, 1.165) is 31.8 Å². The summed E-state index contributed by atoms with van der Waals surface area (Å²) in [5.41, 5.74) is 0.533. The lowest BCUT2D eigenvalue weighted by Crippen LogP contribution is -2.34. The van der Waals surface area contributed by atoms with E-state index in [9.17, 15) is 4.39 Å². The van der Waals surface area contributed by atoms with Crippen LogP contribution in [0.25, 0.3) is 0 Å². The van der Waals surface area contributed by atoms with Gasteiger partial charge in [-0.3, -0.25) is 0 Å². The molecule has 0 spiro atoms. The van der Waals surface area contributed by atoms with Crippen molar-refractivity contribution in [1.82, 2.24) is 4.98 Å². The smallest absolute Gasteiger partial charge is 0.170 e. The van der Waals surface area contributed by atoms with Gasteiger partial charge in [0.1, 0.15) is 0 Å². The summed E-state index contributed by atoms with van der Waals surface area (Å²) in [6.45, 7) is 4.00. The average molecular weight is 243 g/mol. The molecule has 88 valence electrons. The first kappa shape index (κ1) is 11.6. The highest BCUT2D eigenvalue weighted by Crippen LogP contribution is 2.25. The van der Waals surface area contributed by atoms with E-state index < -0.39 is 0 Å². The number of pyridine rings is 1. The molecule has 4 heteroatoms. The van der Waals surface area contributed by atoms with E-state index in [4.69, 9.17) is 11.6 Å². The van der Waals surface area contributed by atoms with Gasteiger partial charge in [-0.05, 0) is 24.8 Å². The van der Waals surface area contributed by atoms with Crippen LogP contribution >= 0.6 is 11.6 Å². The molecule has 0 bridgehead atoms. The van der Waals surface area contributed by atoms with Crippen LogP contribution < -0.4 is 4.90 Å². The number of nitrogens with zero attached hydrogens (tertiary/aromatic N) is 2. The first-order chi connectivity index (χ1) is 7.72. The van der Waals surface area contributed by atoms with Gasteiger partial charge >= 0.3 is 0 Å². The van der Waals surface area contributed by atoms with Crippen LogP contribution in [-0.2, 0) is 5.88 Å². The first-order valence-corrected chi connectivity index (χ1v) is 6.20. The maximum Gasteiger partial charge on any atom is 0.170 e. The maximum absolute atomic E-state index is 14.0. The third kappa shape index (κ3) is 2.29. The Balaban J connectivity index is 2.20. The Morgan fingerprint density at radius 3 is 2.81 bits per heavy atom. The molecule has 1 saturated heterocycles. The van der Waals surface area contributed by atoms with Crippen LogP contribution in [0.3, 0.4) is 0 Å². The molecule has 16 heavy (non-hydrogen) atoms. The molecule has 0 atom stereocenters. The molecular formula is C12H16ClFN2. The van der Waals surface area contributed by atoms with Crippen LogP contribution in [0.5, 0.6) is 0 Å². The minimum absolute atomic E-state index is 0.200. The van der Waals surface area contributed by atoms with Crippen molar-refractivity contribution < 1.29 is 4.39 Å². The lowest BCUT2D eigenvalue weighted by Gasteiger charge is -2.31. The molecule has 2 rings (SSSR count). The quantitative estimate of drug-likeness (QED) is 0.741. The van der Waals surface area contributed by atoms with Gasteiger partial charge in [0.25, 0.3) is 0 Å². The van der Waals surface area contributed by atoms with Gasteiger partial charge in [0, 0.05) is 24.8 Å². The summed E-state index contributed by atoms with van der Waals surface area (Å²) < 4.78 is 14.0. The summed E-state index contributed by atoms with van der Waals surface area (Å²) >= 11 is 5.68. The molecule has 1 aromatic heterocycles. The van der Waals surface area contributed by atoms with Crippen LogP contribution in [0.1, 0.15) is 25.3 Å². The minimum atomic E-state index is -0.257. The normalized spacial score (nSPS) is 17.8. The number of anilines is 1. The zero-order valence-corrected chi connectivity index (χ0v) is 10.2. The monoisotopic (exact) mass is 242 g/mol. The largest absolute Gasteiger partial charge is 0.354 e. The lowest BCUT2D eigenvalue weighted by molar-refractivity contribution is 0.431. The molecule has 0 aliphatic carbocycles. The minimum Gasteiger partial charge on any atom is -0.354 e. The van der Waals surface area contributed by atoms with E-state index in [1.54, 1.807) is 12.3 Å². The fourth-order valence-corrected chi connectivity index (χ4v) is 2.22. The Hall–Kier alpha value is -0.830. The molecule has 0 amide bonds. The molecule has 0 N–H and O–H groups in total. The number of hydrogen-bond acceptors (Lipinski definition) is 2. The summed E-state index contributed by atoms with van der Waals surface area (Å²) in [7, 11) is 0. The summed E-state index contributed by atoms with van der Waals surface area (Å²) in [5.74, 6) is 1.14. The van der Waals surface area contributed by atoms with Gasteiger partial charge in [-0.25, -0.2) is 9.37 Å². The van der Waals surface area contributed by atoms with E-state index in [1.807, 2.05) is 4.90 Å². The summed E-state index contributed by atoms with van der Waals surface area (Å²) in [4.78, 5) is 6.15. The van der Waals surface area contributed by atoms with Gasteiger partial charge in [-0.15, -0.1) is 11.6 Å². The van der Waals surface area contributed by atoms with Crippen molar-refractivity contribution in [1.29, 1.82) is 0 Å². The fourth-order valence-electron chi connectivity index (χ4n) is 2.02. The third-order valence-corrected chi connectivity index (χ3v) is 3.47. The first-order valence-electron chi connectivity index (χ1n) is 5.66. The predicted octanol–water partition coefficient (Wildman–Crippen LogP) is 3.20. The van der Waals surface area contributed by atoms with Crippen LogP contribution in [0.15, 0.2) is 12.3 Å². The second kappa shape index (κ2) is 5.00. The molecule has 2 heterocycles. The highest BCUT2D eigenvalue weighted by atomic mass is 35.5. The number of piperidine rings is 1. The highest BCUT2D eigenvalue weighted by molar-refractivity contribution is 6.17. The van der Waals surface area contributed by atoms with E-state index in [-0.39, 0.29) is 11.7 Å². The summed E-state index contributed by atoms with van der Waals surface area (Å²) in [6.07, 6.45) is 3.84. The van der Waals surface area contributed by atoms with Crippen molar-refractivity contribution in [2.45, 2.75) is 25.6 Å². The molecule has 1 fully saturated rings. The Labute approximate surface area is 100 Å². The van der Waals surface area contributed by atoms with Gasteiger partial charge in [-0.2, -0.15) is 0 Å². The van der Waals surface area contributed by atoms with Gasteiger partial charge in [0.2, 0.25) is 0 Å². The van der Waals surface area contributed by atoms with Gasteiger partial charge in [-0.1, -0.05) is 6.92 Å². The predicted molar refractivity (Wildman–Crippen MR) is 64.4 cm³/mol. The molecular weight excluding hydrogens is 227 g/mol. The molecule has 0 radical (unpaired) electrons. The Morgan fingerprint density at radius 2 is 2.19 bits per heavy atom. The molecule has 2 nitrogen and oxygen atoms in total. The fraction of sp³-hybridized carbons (Fsp3) is 0.583. The SMILES string of the molecule is CC1CCN(c2nccc(CCl)c2F)CC1. The second-order valence-corrected chi connectivity index (χ2v) is 4.68. The van der Waals surface area contributed by atoms with E-state index in [1.165, 1.54) is 0 Å². The maximum atomic E-state index is 14.0. The van der Waals surface area contributed by atoms with Crippen molar-refractivity contribution in [3.63, 3.8) is 0 Å². The highest BCUT2D eigenvalue weighted by Gasteiger charge is 2.20. The topological polar surface area (TPSA) is 16.1 Å². The molecule has 0 saturated carbocycles. The van der Waals surface area contributed by atoms with Gasteiger partial charge in [0.05, 0.1) is 5.88 Å². The lowest BCUT2D eigenvalue weighted by atomic mass is 9.99.